The van der Waals surface area contributed by atoms with Crippen molar-refractivity contribution in [3.63, 3.8) is 0 Å². The average molecular weight is 170 g/mol. The third kappa shape index (κ3) is 147. The number of rotatable bonds is 0. The molecule has 0 spiro atoms. The Balaban J connectivity index is 0. The molecule has 0 rings (SSSR count). The first-order valence-corrected chi connectivity index (χ1v) is 1.72. The van der Waals surface area contributed by atoms with E-state index in [0.717, 1.165) is 0 Å². The molecular formula is C4H10MoO. The van der Waals surface area contributed by atoms with Crippen LogP contribution in [0.1, 0.15) is 20.8 Å². The van der Waals surface area contributed by atoms with E-state index < -0.39 is 5.60 Å². The SMILES string of the molecule is CC(C)(C)O.[Mo]. The molecule has 0 aromatic rings. The second-order valence-electron chi connectivity index (χ2n) is 2.17. The first-order chi connectivity index (χ1) is 2.00. The standard InChI is InChI=1S/C4H10O.Mo/c1-4(2,3)5;/h5H,1-3H3;. The molecule has 0 radical (unpaired) electrons. The van der Waals surface area contributed by atoms with Gasteiger partial charge in [0.1, 0.15) is 0 Å². The topological polar surface area (TPSA) is 20.2 Å². The van der Waals surface area contributed by atoms with Crippen molar-refractivity contribution >= 4 is 0 Å². The summed E-state index contributed by atoms with van der Waals surface area (Å²) >= 11 is 0. The Bertz CT molecular complexity index is 23.0. The van der Waals surface area contributed by atoms with Gasteiger partial charge in [-0.05, 0) is 20.8 Å². The normalized spacial score (nSPS) is 10.0. The molecule has 0 bridgehead atoms. The van der Waals surface area contributed by atoms with Crippen molar-refractivity contribution in [1.82, 2.24) is 0 Å². The van der Waals surface area contributed by atoms with Crippen molar-refractivity contribution in [1.29, 1.82) is 0 Å². The van der Waals surface area contributed by atoms with Crippen LogP contribution in [-0.2, 0) is 21.1 Å². The zero-order valence-electron chi connectivity index (χ0n) is 4.36. The van der Waals surface area contributed by atoms with E-state index in [2.05, 4.69) is 0 Å². The van der Waals surface area contributed by atoms with E-state index in [4.69, 9.17) is 5.11 Å². The fraction of sp³-hybridized carbons (Fsp3) is 1.00. The number of aliphatic hydroxyl groups is 1. The fourth-order valence-corrected chi connectivity index (χ4v) is 0. The Morgan fingerprint density at radius 3 is 1.17 bits per heavy atom. The van der Waals surface area contributed by atoms with E-state index in [9.17, 15) is 0 Å². The Morgan fingerprint density at radius 1 is 1.17 bits per heavy atom. The quantitative estimate of drug-likeness (QED) is 0.532. The van der Waals surface area contributed by atoms with Crippen molar-refractivity contribution in [3.05, 3.63) is 0 Å². The summed E-state index contributed by atoms with van der Waals surface area (Å²) in [5.74, 6) is 0. The largest absolute Gasteiger partial charge is 0.391 e. The monoisotopic (exact) mass is 172 g/mol. The molecule has 0 unspecified atom stereocenters. The summed E-state index contributed by atoms with van der Waals surface area (Å²) in [4.78, 5) is 0. The maximum Gasteiger partial charge on any atom is 0.0563 e. The van der Waals surface area contributed by atoms with Gasteiger partial charge in [0.05, 0.1) is 5.60 Å². The Kier molecular flexibility index (Phi) is 4.52. The van der Waals surface area contributed by atoms with Crippen molar-refractivity contribution < 1.29 is 26.2 Å². The van der Waals surface area contributed by atoms with Crippen LogP contribution in [0.2, 0.25) is 0 Å². The minimum atomic E-state index is -0.500. The van der Waals surface area contributed by atoms with E-state index in [0.29, 0.717) is 0 Å². The number of hydrogen-bond acceptors (Lipinski definition) is 1. The average Bonchev–Trinajstić information content (AvgIpc) is 0.722. The van der Waals surface area contributed by atoms with Crippen molar-refractivity contribution in [3.8, 4) is 0 Å². The van der Waals surface area contributed by atoms with Gasteiger partial charge in [-0.25, -0.2) is 0 Å². The molecule has 38 valence electrons. The van der Waals surface area contributed by atoms with Crippen LogP contribution in [0.4, 0.5) is 0 Å². The molecule has 0 amide bonds. The molecule has 0 saturated heterocycles. The maximum absolute atomic E-state index is 8.52. The van der Waals surface area contributed by atoms with Crippen molar-refractivity contribution in [2.75, 3.05) is 0 Å². The van der Waals surface area contributed by atoms with Gasteiger partial charge in [0.2, 0.25) is 0 Å². The maximum atomic E-state index is 8.52. The summed E-state index contributed by atoms with van der Waals surface area (Å²) in [6, 6.07) is 0. The van der Waals surface area contributed by atoms with E-state index in [1.165, 1.54) is 0 Å². The molecule has 0 aliphatic rings. The van der Waals surface area contributed by atoms with Gasteiger partial charge >= 0.3 is 0 Å². The summed E-state index contributed by atoms with van der Waals surface area (Å²) in [5, 5.41) is 8.52. The Hall–Kier alpha value is 0.648. The van der Waals surface area contributed by atoms with Crippen LogP contribution in [0, 0.1) is 0 Å². The van der Waals surface area contributed by atoms with Gasteiger partial charge in [0, 0.05) is 21.1 Å². The van der Waals surface area contributed by atoms with Gasteiger partial charge in [0.15, 0.2) is 0 Å². The summed E-state index contributed by atoms with van der Waals surface area (Å²) < 4.78 is 0. The molecular weight excluding hydrogens is 160 g/mol. The van der Waals surface area contributed by atoms with Crippen LogP contribution in [0.3, 0.4) is 0 Å². The molecule has 0 aromatic carbocycles. The molecule has 0 atom stereocenters. The van der Waals surface area contributed by atoms with Crippen LogP contribution in [0.15, 0.2) is 0 Å². The van der Waals surface area contributed by atoms with Crippen molar-refractivity contribution in [2.45, 2.75) is 26.4 Å². The van der Waals surface area contributed by atoms with E-state index in [1.807, 2.05) is 0 Å². The van der Waals surface area contributed by atoms with Crippen molar-refractivity contribution in [2.24, 2.45) is 0 Å². The Morgan fingerprint density at radius 2 is 1.17 bits per heavy atom. The smallest absolute Gasteiger partial charge is 0.0563 e. The van der Waals surface area contributed by atoms with Crippen LogP contribution >= 0.6 is 0 Å². The zero-order valence-corrected chi connectivity index (χ0v) is 6.36. The van der Waals surface area contributed by atoms with Crippen LogP contribution < -0.4 is 0 Å². The predicted molar refractivity (Wildman–Crippen MR) is 22.0 cm³/mol. The summed E-state index contributed by atoms with van der Waals surface area (Å²) in [6.07, 6.45) is 0. The minimum absolute atomic E-state index is 0. The van der Waals surface area contributed by atoms with Gasteiger partial charge in [-0.1, -0.05) is 0 Å². The molecule has 0 aromatic heterocycles. The summed E-state index contributed by atoms with van der Waals surface area (Å²) in [5.41, 5.74) is -0.500. The molecule has 0 fully saturated rings. The first kappa shape index (κ1) is 9.82. The minimum Gasteiger partial charge on any atom is -0.391 e. The van der Waals surface area contributed by atoms with Gasteiger partial charge < -0.3 is 5.11 Å². The van der Waals surface area contributed by atoms with Gasteiger partial charge in [0.25, 0.3) is 0 Å². The first-order valence-electron chi connectivity index (χ1n) is 1.72. The van der Waals surface area contributed by atoms with Crippen LogP contribution in [0.25, 0.3) is 0 Å². The van der Waals surface area contributed by atoms with Crippen LogP contribution in [-0.4, -0.2) is 10.7 Å². The third-order valence-corrected chi connectivity index (χ3v) is 0. The van der Waals surface area contributed by atoms with Gasteiger partial charge in [-0.3, -0.25) is 0 Å². The second kappa shape index (κ2) is 2.76. The van der Waals surface area contributed by atoms with E-state index in [1.54, 1.807) is 20.8 Å². The zero-order chi connectivity index (χ0) is 4.50. The molecule has 0 saturated carbocycles. The summed E-state index contributed by atoms with van der Waals surface area (Å²) in [6.45, 7) is 5.23. The number of hydrogen-bond donors (Lipinski definition) is 1. The molecule has 2 heteroatoms. The third-order valence-electron chi connectivity index (χ3n) is 0. The van der Waals surface area contributed by atoms with Gasteiger partial charge in [-0.15, -0.1) is 0 Å². The molecule has 0 aliphatic heterocycles. The second-order valence-corrected chi connectivity index (χ2v) is 2.17. The molecule has 0 aliphatic carbocycles. The summed E-state index contributed by atoms with van der Waals surface area (Å²) in [7, 11) is 0. The Labute approximate surface area is 53.0 Å². The molecule has 6 heavy (non-hydrogen) atoms. The molecule has 1 N–H and O–H groups in total. The fourth-order valence-electron chi connectivity index (χ4n) is 0. The molecule has 1 nitrogen and oxygen atoms in total. The molecule has 0 heterocycles. The van der Waals surface area contributed by atoms with Crippen LogP contribution in [0.5, 0.6) is 0 Å². The van der Waals surface area contributed by atoms with E-state index in [-0.39, 0.29) is 21.1 Å². The predicted octanol–water partition coefficient (Wildman–Crippen LogP) is 0.775. The van der Waals surface area contributed by atoms with E-state index >= 15 is 0 Å². The van der Waals surface area contributed by atoms with Gasteiger partial charge in [-0.2, -0.15) is 0 Å².